The molecule has 9 heteroatoms. The molecule has 0 aromatic heterocycles. The Hall–Kier alpha value is -3.41. The Morgan fingerprint density at radius 2 is 1.81 bits per heavy atom. The van der Waals surface area contributed by atoms with E-state index in [1.807, 2.05) is 39.0 Å². The van der Waals surface area contributed by atoms with Crippen molar-refractivity contribution in [3.05, 3.63) is 29.3 Å². The van der Waals surface area contributed by atoms with Crippen LogP contribution in [0.3, 0.4) is 0 Å². The van der Waals surface area contributed by atoms with Crippen molar-refractivity contribution in [2.45, 2.75) is 89.8 Å². The first-order valence-corrected chi connectivity index (χ1v) is 13.1. The lowest BCUT2D eigenvalue weighted by Gasteiger charge is -2.36. The van der Waals surface area contributed by atoms with Gasteiger partial charge in [-0.25, -0.2) is 0 Å². The minimum absolute atomic E-state index is 0.0846. The summed E-state index contributed by atoms with van der Waals surface area (Å²) in [7, 11) is 1.57. The summed E-state index contributed by atoms with van der Waals surface area (Å²) in [6.45, 7) is 7.68. The van der Waals surface area contributed by atoms with Crippen molar-refractivity contribution in [3.63, 3.8) is 0 Å². The zero-order valence-corrected chi connectivity index (χ0v) is 22.4. The van der Waals surface area contributed by atoms with Gasteiger partial charge in [0.2, 0.25) is 23.6 Å². The molecular weight excluding hydrogens is 470 g/mol. The van der Waals surface area contributed by atoms with Crippen LogP contribution < -0.4 is 10.6 Å². The third kappa shape index (κ3) is 5.07. The zero-order chi connectivity index (χ0) is 27.1. The second-order valence-electron chi connectivity index (χ2n) is 12.0. The molecule has 0 aliphatic carbocycles. The van der Waals surface area contributed by atoms with Crippen LogP contribution in [0.5, 0.6) is 0 Å². The van der Waals surface area contributed by atoms with Crippen LogP contribution in [-0.4, -0.2) is 65.1 Å². The molecule has 3 aliphatic rings. The van der Waals surface area contributed by atoms with Crippen LogP contribution in [0, 0.1) is 16.7 Å². The molecule has 1 aromatic rings. The molecule has 0 unspecified atom stereocenters. The van der Waals surface area contributed by atoms with Crippen LogP contribution in [0.1, 0.15) is 70.9 Å². The first-order chi connectivity index (χ1) is 17.4. The fourth-order valence-corrected chi connectivity index (χ4v) is 5.84. The number of nitrogens with zero attached hydrogens (tertiary/aromatic N) is 3. The molecule has 4 atom stereocenters. The number of rotatable bonds is 1. The summed E-state index contributed by atoms with van der Waals surface area (Å²) in [5, 5.41) is 15.8. The van der Waals surface area contributed by atoms with E-state index in [-0.39, 0.29) is 42.0 Å². The van der Waals surface area contributed by atoms with Gasteiger partial charge in [-0.3, -0.25) is 19.2 Å². The number of likely N-dealkylation sites (N-methyl/N-ethyl adjacent to an activating group) is 1. The second kappa shape index (κ2) is 9.81. The van der Waals surface area contributed by atoms with Crippen molar-refractivity contribution >= 4 is 29.3 Å². The van der Waals surface area contributed by atoms with Crippen LogP contribution in [0.2, 0.25) is 0 Å². The number of nitrogens with one attached hydrogen (secondary N) is 2. The summed E-state index contributed by atoms with van der Waals surface area (Å²) in [5.74, 6) is -1.12. The number of benzene rings is 1. The van der Waals surface area contributed by atoms with E-state index in [1.165, 1.54) is 9.80 Å². The number of hydrogen-bond donors (Lipinski definition) is 2. The predicted molar refractivity (Wildman–Crippen MR) is 138 cm³/mol. The van der Waals surface area contributed by atoms with E-state index in [4.69, 9.17) is 0 Å². The normalized spacial score (nSPS) is 29.0. The first-order valence-electron chi connectivity index (χ1n) is 13.1. The maximum atomic E-state index is 14.1. The molecule has 37 heavy (non-hydrogen) atoms. The lowest BCUT2D eigenvalue weighted by molar-refractivity contribution is -0.147. The third-order valence-corrected chi connectivity index (χ3v) is 7.85. The summed E-state index contributed by atoms with van der Waals surface area (Å²) in [4.78, 5) is 56.2. The van der Waals surface area contributed by atoms with Crippen LogP contribution in [0.25, 0.3) is 0 Å². The smallest absolute Gasteiger partial charge is 0.246 e. The molecule has 3 heterocycles. The molecule has 1 aromatic carbocycles. The minimum Gasteiger partial charge on any atom is -0.345 e. The van der Waals surface area contributed by atoms with Crippen molar-refractivity contribution in [3.8, 4) is 6.07 Å². The number of fused-ring (bicyclic) bond motifs is 2. The van der Waals surface area contributed by atoms with Gasteiger partial charge in [0, 0.05) is 32.1 Å². The van der Waals surface area contributed by atoms with Gasteiger partial charge in [0.25, 0.3) is 0 Å². The van der Waals surface area contributed by atoms with E-state index < -0.39 is 23.5 Å². The van der Waals surface area contributed by atoms with Crippen LogP contribution >= 0.6 is 0 Å². The Balaban J connectivity index is 1.79. The number of hydrogen-bond acceptors (Lipinski definition) is 5. The van der Waals surface area contributed by atoms with Gasteiger partial charge in [0.1, 0.15) is 18.1 Å². The quantitative estimate of drug-likeness (QED) is 0.605. The molecule has 3 aliphatic heterocycles. The minimum atomic E-state index is -1.00. The van der Waals surface area contributed by atoms with Crippen molar-refractivity contribution in [1.82, 2.24) is 15.1 Å². The van der Waals surface area contributed by atoms with Gasteiger partial charge in [-0.1, -0.05) is 32.9 Å². The average molecular weight is 508 g/mol. The predicted octanol–water partition coefficient (Wildman–Crippen LogP) is 2.50. The van der Waals surface area contributed by atoms with Crippen molar-refractivity contribution in [2.24, 2.45) is 5.41 Å². The standard InChI is InChI=1S/C28H37N5O4/c1-17-24(35)32(5)22(14-27(2,3)4)25(36)33-16-28(13-19(33)15-29)20-12-18(8-6-7-9-23(34)30-17)10-11-21(20)31-26(28)37/h10-12,17,19,22H,6-9,13-14,16H2,1-5H3,(H,30,34)(H,31,37)/t17-,19-,22-,28-/m0/s1. The largest absolute Gasteiger partial charge is 0.345 e. The van der Waals surface area contributed by atoms with Crippen molar-refractivity contribution < 1.29 is 19.2 Å². The van der Waals surface area contributed by atoms with Gasteiger partial charge in [0.15, 0.2) is 0 Å². The van der Waals surface area contributed by atoms with E-state index in [9.17, 15) is 24.4 Å². The highest BCUT2D eigenvalue weighted by atomic mass is 16.2. The number of carbonyl (C=O) groups excluding carboxylic acids is 4. The number of nitriles is 1. The van der Waals surface area contributed by atoms with E-state index in [0.717, 1.165) is 24.0 Å². The van der Waals surface area contributed by atoms with Gasteiger partial charge in [-0.15, -0.1) is 0 Å². The van der Waals surface area contributed by atoms with E-state index in [0.29, 0.717) is 24.9 Å². The summed E-state index contributed by atoms with van der Waals surface area (Å²) in [6.07, 6.45) is 3.06. The molecule has 1 spiro atoms. The maximum absolute atomic E-state index is 14.1. The van der Waals surface area contributed by atoms with Gasteiger partial charge >= 0.3 is 0 Å². The van der Waals surface area contributed by atoms with Crippen LogP contribution in [0.4, 0.5) is 5.69 Å². The molecule has 4 amide bonds. The molecule has 1 fully saturated rings. The highest BCUT2D eigenvalue weighted by Crippen LogP contribution is 2.47. The lowest BCUT2D eigenvalue weighted by atomic mass is 9.79. The molecule has 9 nitrogen and oxygen atoms in total. The maximum Gasteiger partial charge on any atom is 0.246 e. The highest BCUT2D eigenvalue weighted by molar-refractivity contribution is 6.07. The molecule has 198 valence electrons. The molecule has 1 saturated heterocycles. The molecular formula is C28H37N5O4. The second-order valence-corrected chi connectivity index (χ2v) is 12.0. The lowest BCUT2D eigenvalue weighted by Crippen LogP contribution is -2.56. The van der Waals surface area contributed by atoms with E-state index in [2.05, 4.69) is 16.7 Å². The molecule has 2 N–H and O–H groups in total. The Labute approximate surface area is 218 Å². The van der Waals surface area contributed by atoms with E-state index >= 15 is 0 Å². The number of aryl methyl sites for hydroxylation is 1. The summed E-state index contributed by atoms with van der Waals surface area (Å²) in [6, 6.07) is 5.69. The zero-order valence-electron chi connectivity index (χ0n) is 22.4. The molecule has 0 radical (unpaired) electrons. The highest BCUT2D eigenvalue weighted by Gasteiger charge is 2.57. The Morgan fingerprint density at radius 1 is 1.11 bits per heavy atom. The number of amides is 4. The van der Waals surface area contributed by atoms with Gasteiger partial charge < -0.3 is 20.4 Å². The van der Waals surface area contributed by atoms with E-state index in [1.54, 1.807) is 14.0 Å². The number of carbonyl (C=O) groups is 4. The Bertz CT molecular complexity index is 1170. The van der Waals surface area contributed by atoms with Crippen molar-refractivity contribution in [1.29, 1.82) is 5.26 Å². The summed E-state index contributed by atoms with van der Waals surface area (Å²) in [5.41, 5.74) is 1.27. The van der Waals surface area contributed by atoms with Gasteiger partial charge in [0.05, 0.1) is 11.5 Å². The molecule has 4 rings (SSSR count). The topological polar surface area (TPSA) is 123 Å². The van der Waals surface area contributed by atoms with Crippen LogP contribution in [-0.2, 0) is 31.0 Å². The van der Waals surface area contributed by atoms with Crippen molar-refractivity contribution in [2.75, 3.05) is 18.9 Å². The van der Waals surface area contributed by atoms with Gasteiger partial charge in [-0.2, -0.15) is 5.26 Å². The first kappa shape index (κ1) is 26.6. The number of anilines is 1. The fraction of sp³-hybridized carbons (Fsp3) is 0.607. The Kier molecular flexibility index (Phi) is 7.06. The summed E-state index contributed by atoms with van der Waals surface area (Å²) < 4.78 is 0. The van der Waals surface area contributed by atoms with Crippen LogP contribution in [0.15, 0.2) is 18.2 Å². The average Bonchev–Trinajstić information content (AvgIpc) is 3.36. The molecule has 4 bridgehead atoms. The molecule has 0 saturated carbocycles. The third-order valence-electron chi connectivity index (χ3n) is 7.85. The SMILES string of the molecule is C[C@@H]1NC(=O)CCCCc2ccc3c(c2)[C@@]2(C[C@@H](C#N)N(C2)C(=O)[C@H](CC(C)(C)C)N(C)C1=O)C(=O)N3. The van der Waals surface area contributed by atoms with Gasteiger partial charge in [-0.05, 0) is 55.2 Å². The Morgan fingerprint density at radius 3 is 2.49 bits per heavy atom. The fourth-order valence-electron chi connectivity index (χ4n) is 5.84. The monoisotopic (exact) mass is 507 g/mol. The summed E-state index contributed by atoms with van der Waals surface area (Å²) >= 11 is 0.